The van der Waals surface area contributed by atoms with Crippen LogP contribution in [0.5, 0.6) is 0 Å². The number of rotatable bonds is 1. The number of aromatic carboxylic acids is 1. The molecule has 0 spiro atoms. The van der Waals surface area contributed by atoms with Crippen LogP contribution < -0.4 is 5.56 Å². The molecule has 0 radical (unpaired) electrons. The quantitative estimate of drug-likeness (QED) is 0.842. The number of carboxylic acids is 1. The fourth-order valence-electron chi connectivity index (χ4n) is 3.19. The first kappa shape index (κ1) is 13.5. The summed E-state index contributed by atoms with van der Waals surface area (Å²) in [5, 5.41) is 9.24. The molecule has 0 saturated carbocycles. The minimum atomic E-state index is -1.19. The lowest BCUT2D eigenvalue weighted by molar-refractivity contribution is 0.0694. The van der Waals surface area contributed by atoms with Gasteiger partial charge in [0, 0.05) is 5.69 Å². The number of pyridine rings is 2. The highest BCUT2D eigenvalue weighted by Crippen LogP contribution is 2.38. The van der Waals surface area contributed by atoms with Gasteiger partial charge in [-0.2, -0.15) is 0 Å². The van der Waals surface area contributed by atoms with Crippen LogP contribution in [0.1, 0.15) is 45.6 Å². The third-order valence-corrected chi connectivity index (χ3v) is 4.10. The molecular weight excluding hydrogens is 268 g/mol. The third kappa shape index (κ3) is 1.96. The average Bonchev–Trinajstić information content (AvgIpc) is 2.38. The van der Waals surface area contributed by atoms with Gasteiger partial charge in [-0.25, -0.2) is 4.79 Å². The van der Waals surface area contributed by atoms with Gasteiger partial charge in [0.1, 0.15) is 5.56 Å². The molecule has 0 aromatic carbocycles. The molecule has 1 unspecified atom stereocenters. The first-order valence-electron chi connectivity index (χ1n) is 6.87. The van der Waals surface area contributed by atoms with Gasteiger partial charge in [0.2, 0.25) is 0 Å². The molecule has 0 fully saturated rings. The minimum absolute atomic E-state index is 0.145. The molecule has 0 aliphatic heterocycles. The molecule has 1 aliphatic rings. The molecule has 0 amide bonds. The first-order valence-corrected chi connectivity index (χ1v) is 6.87. The van der Waals surface area contributed by atoms with Gasteiger partial charge < -0.3 is 10.1 Å². The number of aromatic nitrogens is 2. The Balaban J connectivity index is 2.39. The molecule has 2 N–H and O–H groups in total. The van der Waals surface area contributed by atoms with Crippen molar-refractivity contribution in [2.24, 2.45) is 0 Å². The van der Waals surface area contributed by atoms with Crippen molar-refractivity contribution >= 4 is 5.97 Å². The van der Waals surface area contributed by atoms with E-state index in [0.717, 1.165) is 28.9 Å². The van der Waals surface area contributed by atoms with Crippen molar-refractivity contribution in [2.75, 3.05) is 0 Å². The predicted molar refractivity (Wildman–Crippen MR) is 78.8 cm³/mol. The van der Waals surface area contributed by atoms with Crippen molar-refractivity contribution in [3.05, 3.63) is 50.4 Å². The molecular formula is C16H16N2O3. The SMILES string of the molecule is Cc1ccc2c(n1)-c1[nH]c(=O)c(C(=O)O)c(C)c1C(C)C2. The lowest BCUT2D eigenvalue weighted by Crippen LogP contribution is -2.25. The summed E-state index contributed by atoms with van der Waals surface area (Å²) in [4.78, 5) is 30.7. The van der Waals surface area contributed by atoms with Crippen LogP contribution in [0.4, 0.5) is 0 Å². The second-order valence-electron chi connectivity index (χ2n) is 5.61. The van der Waals surface area contributed by atoms with Crippen LogP contribution >= 0.6 is 0 Å². The number of nitrogens with zero attached hydrogens (tertiary/aromatic N) is 1. The Morgan fingerprint density at radius 3 is 2.76 bits per heavy atom. The van der Waals surface area contributed by atoms with Crippen LogP contribution in [-0.2, 0) is 6.42 Å². The number of aryl methyl sites for hydroxylation is 1. The summed E-state index contributed by atoms with van der Waals surface area (Å²) in [6.07, 6.45) is 0.793. The van der Waals surface area contributed by atoms with Gasteiger partial charge in [-0.05, 0) is 48.9 Å². The zero-order valence-electron chi connectivity index (χ0n) is 12.2. The van der Waals surface area contributed by atoms with Crippen LogP contribution in [0.15, 0.2) is 16.9 Å². The average molecular weight is 284 g/mol. The molecule has 108 valence electrons. The number of aromatic amines is 1. The Morgan fingerprint density at radius 1 is 1.38 bits per heavy atom. The summed E-state index contributed by atoms with van der Waals surface area (Å²) in [6, 6.07) is 3.98. The summed E-state index contributed by atoms with van der Waals surface area (Å²) >= 11 is 0. The monoisotopic (exact) mass is 284 g/mol. The van der Waals surface area contributed by atoms with Gasteiger partial charge in [-0.3, -0.25) is 9.78 Å². The maximum atomic E-state index is 12.1. The van der Waals surface area contributed by atoms with Crippen LogP contribution in [-0.4, -0.2) is 21.0 Å². The highest BCUT2D eigenvalue weighted by Gasteiger charge is 2.29. The topological polar surface area (TPSA) is 83.0 Å². The van der Waals surface area contributed by atoms with E-state index in [4.69, 9.17) is 0 Å². The van der Waals surface area contributed by atoms with Crippen LogP contribution in [0.3, 0.4) is 0 Å². The summed E-state index contributed by atoms with van der Waals surface area (Å²) in [5.74, 6) is -1.04. The Morgan fingerprint density at radius 2 is 2.10 bits per heavy atom. The Labute approximate surface area is 121 Å². The molecule has 3 rings (SSSR count). The zero-order valence-corrected chi connectivity index (χ0v) is 12.2. The second-order valence-corrected chi connectivity index (χ2v) is 5.61. The van der Waals surface area contributed by atoms with Gasteiger partial charge in [0.25, 0.3) is 5.56 Å². The van der Waals surface area contributed by atoms with Crippen molar-refractivity contribution in [1.29, 1.82) is 0 Å². The van der Waals surface area contributed by atoms with Gasteiger partial charge in [0.05, 0.1) is 11.4 Å². The normalized spacial score (nSPS) is 16.2. The largest absolute Gasteiger partial charge is 0.477 e. The van der Waals surface area contributed by atoms with Crippen molar-refractivity contribution in [3.8, 4) is 11.4 Å². The Kier molecular flexibility index (Phi) is 2.93. The molecule has 0 saturated heterocycles. The molecule has 21 heavy (non-hydrogen) atoms. The van der Waals surface area contributed by atoms with E-state index < -0.39 is 11.5 Å². The van der Waals surface area contributed by atoms with Gasteiger partial charge in [-0.15, -0.1) is 0 Å². The molecule has 5 heteroatoms. The smallest absolute Gasteiger partial charge is 0.341 e. The molecule has 2 heterocycles. The third-order valence-electron chi connectivity index (χ3n) is 4.10. The van der Waals surface area contributed by atoms with E-state index in [-0.39, 0.29) is 11.5 Å². The van der Waals surface area contributed by atoms with Crippen LogP contribution in [0.25, 0.3) is 11.4 Å². The standard InChI is InChI=1S/C16H16N2O3/c1-7-6-10-5-4-8(2)17-13(10)14-11(7)9(3)12(16(20)21)15(19)18-14/h4-5,7H,6H2,1-3H3,(H,18,19)(H,20,21). The number of hydrogen-bond donors (Lipinski definition) is 2. The Hall–Kier alpha value is -2.43. The van der Waals surface area contributed by atoms with Crippen molar-refractivity contribution in [3.63, 3.8) is 0 Å². The van der Waals surface area contributed by atoms with E-state index in [9.17, 15) is 14.7 Å². The Bertz CT molecular complexity index is 821. The van der Waals surface area contributed by atoms with Gasteiger partial charge in [0.15, 0.2) is 0 Å². The van der Waals surface area contributed by atoms with Crippen molar-refractivity contribution < 1.29 is 9.90 Å². The maximum Gasteiger partial charge on any atom is 0.341 e. The molecule has 1 aliphatic carbocycles. The number of carbonyl (C=O) groups is 1. The fraction of sp³-hybridized carbons (Fsp3) is 0.312. The van der Waals surface area contributed by atoms with E-state index in [2.05, 4.69) is 9.97 Å². The predicted octanol–water partition coefficient (Wildman–Crippen LogP) is 2.41. The van der Waals surface area contributed by atoms with Gasteiger partial charge >= 0.3 is 5.97 Å². The number of H-pyrrole nitrogens is 1. The summed E-state index contributed by atoms with van der Waals surface area (Å²) < 4.78 is 0. The summed E-state index contributed by atoms with van der Waals surface area (Å²) in [7, 11) is 0. The number of carboxylic acid groups (broad SMARTS) is 1. The molecule has 2 aromatic heterocycles. The summed E-state index contributed by atoms with van der Waals surface area (Å²) in [5.41, 5.74) is 4.08. The van der Waals surface area contributed by atoms with Crippen LogP contribution in [0, 0.1) is 13.8 Å². The fourth-order valence-corrected chi connectivity index (χ4v) is 3.19. The number of nitrogens with one attached hydrogen (secondary N) is 1. The highest BCUT2D eigenvalue weighted by atomic mass is 16.4. The van der Waals surface area contributed by atoms with Crippen LogP contribution in [0.2, 0.25) is 0 Å². The maximum absolute atomic E-state index is 12.1. The number of fused-ring (bicyclic) bond motifs is 3. The van der Waals surface area contributed by atoms with Crippen molar-refractivity contribution in [2.45, 2.75) is 33.1 Å². The highest BCUT2D eigenvalue weighted by molar-refractivity contribution is 5.90. The lowest BCUT2D eigenvalue weighted by atomic mass is 9.81. The second kappa shape index (κ2) is 4.55. The lowest BCUT2D eigenvalue weighted by Gasteiger charge is -2.26. The van der Waals surface area contributed by atoms with E-state index in [1.807, 2.05) is 26.0 Å². The van der Waals surface area contributed by atoms with E-state index in [1.165, 1.54) is 0 Å². The molecule has 1 atom stereocenters. The van der Waals surface area contributed by atoms with E-state index in [0.29, 0.717) is 11.3 Å². The van der Waals surface area contributed by atoms with Crippen molar-refractivity contribution in [1.82, 2.24) is 9.97 Å². The zero-order chi connectivity index (χ0) is 15.3. The molecule has 0 bridgehead atoms. The first-order chi connectivity index (χ1) is 9.90. The molecule has 2 aromatic rings. The number of hydrogen-bond acceptors (Lipinski definition) is 3. The molecule has 5 nitrogen and oxygen atoms in total. The van der Waals surface area contributed by atoms with E-state index in [1.54, 1.807) is 6.92 Å². The van der Waals surface area contributed by atoms with Gasteiger partial charge in [-0.1, -0.05) is 13.0 Å². The minimum Gasteiger partial charge on any atom is -0.477 e. The summed E-state index contributed by atoms with van der Waals surface area (Å²) in [6.45, 7) is 5.64. The van der Waals surface area contributed by atoms with E-state index >= 15 is 0 Å².